The predicted octanol–water partition coefficient (Wildman–Crippen LogP) is 0.500. The topological polar surface area (TPSA) is 79.7 Å². The Balaban J connectivity index is 2.26. The molecule has 1 aromatic heterocycles. The first-order valence-corrected chi connectivity index (χ1v) is 9.10. The quantitative estimate of drug-likeness (QED) is 0.799. The molecule has 1 atom stereocenters. The molecule has 2 rings (SSSR count). The lowest BCUT2D eigenvalue weighted by Gasteiger charge is -2.33. The highest BCUT2D eigenvalue weighted by atomic mass is 32.2. The Morgan fingerprint density at radius 1 is 1.30 bits per heavy atom. The number of aromatic nitrogens is 1. The zero-order valence-electron chi connectivity index (χ0n) is 13.7. The molecular formula is C15H23N3O4S. The van der Waals surface area contributed by atoms with Gasteiger partial charge in [-0.15, -0.1) is 0 Å². The summed E-state index contributed by atoms with van der Waals surface area (Å²) in [7, 11) is -0.795. The summed E-state index contributed by atoms with van der Waals surface area (Å²) in [5, 5.41) is 0. The van der Waals surface area contributed by atoms with Crippen molar-refractivity contribution in [3.05, 3.63) is 28.7 Å². The Bertz CT molecular complexity index is 739. The molecule has 1 aliphatic rings. The number of amides is 1. The van der Waals surface area contributed by atoms with E-state index < -0.39 is 10.0 Å². The lowest BCUT2D eigenvalue weighted by Crippen LogP contribution is -2.44. The van der Waals surface area contributed by atoms with Gasteiger partial charge in [0, 0.05) is 38.9 Å². The summed E-state index contributed by atoms with van der Waals surface area (Å²) in [6.07, 6.45) is 4.25. The van der Waals surface area contributed by atoms with Crippen LogP contribution in [0.4, 0.5) is 0 Å². The maximum Gasteiger partial charge on any atom is 0.251 e. The van der Waals surface area contributed by atoms with Gasteiger partial charge in [0.15, 0.2) is 0 Å². The molecule has 1 amide bonds. The summed E-state index contributed by atoms with van der Waals surface area (Å²) in [6.45, 7) is 2.54. The van der Waals surface area contributed by atoms with Crippen molar-refractivity contribution in [2.45, 2.75) is 43.7 Å². The van der Waals surface area contributed by atoms with Crippen LogP contribution in [0.2, 0.25) is 0 Å². The number of rotatable bonds is 4. The summed E-state index contributed by atoms with van der Waals surface area (Å²) in [5.41, 5.74) is -0.388. The second kappa shape index (κ2) is 6.84. The van der Waals surface area contributed by atoms with Crippen LogP contribution in [0.5, 0.6) is 0 Å². The first kappa shape index (κ1) is 17.7. The third kappa shape index (κ3) is 3.81. The largest absolute Gasteiger partial charge is 0.338 e. The fraction of sp³-hybridized carbons (Fsp3) is 0.600. The van der Waals surface area contributed by atoms with Crippen LogP contribution in [0, 0.1) is 0 Å². The third-order valence-corrected chi connectivity index (χ3v) is 5.96. The molecule has 1 aliphatic heterocycles. The molecule has 1 aromatic rings. The van der Waals surface area contributed by atoms with E-state index >= 15 is 0 Å². The Morgan fingerprint density at radius 3 is 2.61 bits per heavy atom. The summed E-state index contributed by atoms with van der Waals surface area (Å²) in [4.78, 5) is 26.2. The maximum absolute atomic E-state index is 12.4. The zero-order chi connectivity index (χ0) is 17.2. The molecule has 0 saturated carbocycles. The van der Waals surface area contributed by atoms with Crippen molar-refractivity contribution in [1.29, 1.82) is 0 Å². The first-order valence-electron chi connectivity index (χ1n) is 7.66. The molecule has 8 heteroatoms. The van der Waals surface area contributed by atoms with Crippen molar-refractivity contribution in [2.24, 2.45) is 0 Å². The first-order chi connectivity index (χ1) is 10.7. The molecule has 0 spiro atoms. The minimum atomic E-state index is -3.64. The minimum absolute atomic E-state index is 0.00147. The van der Waals surface area contributed by atoms with Gasteiger partial charge in [-0.1, -0.05) is 0 Å². The highest BCUT2D eigenvalue weighted by Crippen LogP contribution is 2.17. The van der Waals surface area contributed by atoms with Crippen molar-refractivity contribution >= 4 is 15.9 Å². The van der Waals surface area contributed by atoms with Crippen molar-refractivity contribution in [3.8, 4) is 0 Å². The SMILES string of the molecule is C[C@@H]1CCCCN1C(=O)Cn1cc(S(=O)(=O)N(C)C)ccc1=O. The number of piperidine rings is 1. The Morgan fingerprint density at radius 2 is 2.00 bits per heavy atom. The van der Waals surface area contributed by atoms with E-state index in [-0.39, 0.29) is 28.9 Å². The normalized spacial score (nSPS) is 19.1. The van der Waals surface area contributed by atoms with Crippen LogP contribution >= 0.6 is 0 Å². The molecule has 128 valence electrons. The van der Waals surface area contributed by atoms with Crippen LogP contribution in [0.1, 0.15) is 26.2 Å². The molecular weight excluding hydrogens is 318 g/mol. The van der Waals surface area contributed by atoms with Gasteiger partial charge in [0.05, 0.1) is 4.90 Å². The van der Waals surface area contributed by atoms with Gasteiger partial charge < -0.3 is 9.47 Å². The Hall–Kier alpha value is -1.67. The van der Waals surface area contributed by atoms with E-state index in [4.69, 9.17) is 0 Å². The highest BCUT2D eigenvalue weighted by Gasteiger charge is 2.24. The van der Waals surface area contributed by atoms with E-state index in [0.717, 1.165) is 23.6 Å². The molecule has 0 aromatic carbocycles. The molecule has 1 saturated heterocycles. The van der Waals surface area contributed by atoms with Gasteiger partial charge in [0.25, 0.3) is 5.56 Å². The lowest BCUT2D eigenvalue weighted by atomic mass is 10.0. The lowest BCUT2D eigenvalue weighted by molar-refractivity contribution is -0.135. The van der Waals surface area contributed by atoms with Gasteiger partial charge >= 0.3 is 0 Å². The third-order valence-electron chi connectivity index (χ3n) is 4.16. The van der Waals surface area contributed by atoms with Gasteiger partial charge in [-0.2, -0.15) is 0 Å². The van der Waals surface area contributed by atoms with Crippen LogP contribution in [-0.4, -0.2) is 54.8 Å². The zero-order valence-corrected chi connectivity index (χ0v) is 14.5. The van der Waals surface area contributed by atoms with Crippen LogP contribution in [0.25, 0.3) is 0 Å². The molecule has 7 nitrogen and oxygen atoms in total. The number of likely N-dealkylation sites (tertiary alicyclic amines) is 1. The van der Waals surface area contributed by atoms with E-state index in [2.05, 4.69) is 0 Å². The minimum Gasteiger partial charge on any atom is -0.338 e. The summed E-state index contributed by atoms with van der Waals surface area (Å²) >= 11 is 0. The van der Waals surface area contributed by atoms with Gasteiger partial charge in [0.2, 0.25) is 15.9 Å². The Labute approximate surface area is 136 Å². The van der Waals surface area contributed by atoms with Crippen LogP contribution in [0.15, 0.2) is 28.0 Å². The fourth-order valence-corrected chi connectivity index (χ4v) is 3.62. The molecule has 1 fully saturated rings. The van der Waals surface area contributed by atoms with Gasteiger partial charge in [-0.25, -0.2) is 12.7 Å². The van der Waals surface area contributed by atoms with Crippen LogP contribution in [0.3, 0.4) is 0 Å². The van der Waals surface area contributed by atoms with Crippen molar-refractivity contribution in [3.63, 3.8) is 0 Å². The number of hydrogen-bond donors (Lipinski definition) is 0. The highest BCUT2D eigenvalue weighted by molar-refractivity contribution is 7.89. The molecule has 0 unspecified atom stereocenters. The van der Waals surface area contributed by atoms with Gasteiger partial charge in [-0.3, -0.25) is 9.59 Å². The van der Waals surface area contributed by atoms with Gasteiger partial charge in [-0.05, 0) is 32.3 Å². The second-order valence-electron chi connectivity index (χ2n) is 6.05. The smallest absolute Gasteiger partial charge is 0.251 e. The van der Waals surface area contributed by atoms with E-state index in [1.54, 1.807) is 4.90 Å². The summed E-state index contributed by atoms with van der Waals surface area (Å²) < 4.78 is 26.5. The number of nitrogens with zero attached hydrogens (tertiary/aromatic N) is 3. The number of hydrogen-bond acceptors (Lipinski definition) is 4. The van der Waals surface area contributed by atoms with E-state index in [0.29, 0.717) is 6.54 Å². The number of sulfonamides is 1. The number of carbonyl (C=O) groups is 1. The summed E-state index contributed by atoms with van der Waals surface area (Å²) in [5.74, 6) is -0.154. The molecule has 0 bridgehead atoms. The average Bonchev–Trinajstić information content (AvgIpc) is 2.49. The second-order valence-corrected chi connectivity index (χ2v) is 8.20. The van der Waals surface area contributed by atoms with Crippen molar-refractivity contribution in [1.82, 2.24) is 13.8 Å². The van der Waals surface area contributed by atoms with Crippen molar-refractivity contribution < 1.29 is 13.2 Å². The molecule has 0 N–H and O–H groups in total. The molecule has 23 heavy (non-hydrogen) atoms. The van der Waals surface area contributed by atoms with Crippen LogP contribution in [-0.2, 0) is 21.4 Å². The number of carbonyl (C=O) groups excluding carboxylic acids is 1. The monoisotopic (exact) mass is 341 g/mol. The van der Waals surface area contributed by atoms with E-state index in [1.165, 1.54) is 37.0 Å². The molecule has 0 radical (unpaired) electrons. The molecule has 0 aliphatic carbocycles. The molecule has 2 heterocycles. The van der Waals surface area contributed by atoms with E-state index in [9.17, 15) is 18.0 Å². The summed E-state index contributed by atoms with van der Waals surface area (Å²) in [6, 6.07) is 2.60. The average molecular weight is 341 g/mol. The van der Waals surface area contributed by atoms with Crippen LogP contribution < -0.4 is 5.56 Å². The standard InChI is InChI=1S/C15H23N3O4S/c1-12-6-4-5-9-18(12)15(20)11-17-10-13(7-8-14(17)19)23(21,22)16(2)3/h7-8,10,12H,4-6,9,11H2,1-3H3/t12-/m1/s1. The maximum atomic E-state index is 12.4. The van der Waals surface area contributed by atoms with Crippen molar-refractivity contribution in [2.75, 3.05) is 20.6 Å². The van der Waals surface area contributed by atoms with E-state index in [1.807, 2.05) is 6.92 Å². The Kier molecular flexibility index (Phi) is 5.26. The predicted molar refractivity (Wildman–Crippen MR) is 86.6 cm³/mol. The van der Waals surface area contributed by atoms with Gasteiger partial charge in [0.1, 0.15) is 6.54 Å². The fourth-order valence-electron chi connectivity index (χ4n) is 2.70. The number of pyridine rings is 1.